The maximum Gasteiger partial charge on any atom is 0.250 e. The lowest BCUT2D eigenvalue weighted by molar-refractivity contribution is -0.111. The Morgan fingerprint density at radius 1 is 1.33 bits per heavy atom. The van der Waals surface area contributed by atoms with Gasteiger partial charge in [-0.05, 0) is 23.8 Å². The molecule has 2 aromatic rings. The Labute approximate surface area is 126 Å². The van der Waals surface area contributed by atoms with Crippen LogP contribution in [0, 0.1) is 0 Å². The minimum absolute atomic E-state index is 0.0753. The number of hydrogen-bond acceptors (Lipinski definition) is 5. The van der Waals surface area contributed by atoms with E-state index < -0.39 is 0 Å². The predicted molar refractivity (Wildman–Crippen MR) is 82.1 cm³/mol. The van der Waals surface area contributed by atoms with E-state index in [4.69, 9.17) is 22.1 Å². The van der Waals surface area contributed by atoms with E-state index in [9.17, 15) is 4.79 Å². The first-order valence-electron chi connectivity index (χ1n) is 6.00. The number of benzene rings is 1. The lowest BCUT2D eigenvalue weighted by Crippen LogP contribution is -2.11. The van der Waals surface area contributed by atoms with Gasteiger partial charge in [0, 0.05) is 17.8 Å². The van der Waals surface area contributed by atoms with Gasteiger partial charge in [0.15, 0.2) is 0 Å². The molecule has 1 amide bonds. The third kappa shape index (κ3) is 4.47. The van der Waals surface area contributed by atoms with Crippen LogP contribution in [0.15, 0.2) is 36.4 Å². The maximum atomic E-state index is 11.8. The van der Waals surface area contributed by atoms with Crippen LogP contribution in [0.1, 0.15) is 5.56 Å². The third-order valence-electron chi connectivity index (χ3n) is 2.48. The Hall–Kier alpha value is -2.60. The van der Waals surface area contributed by atoms with Crippen molar-refractivity contribution in [3.8, 4) is 5.88 Å². The van der Waals surface area contributed by atoms with Gasteiger partial charge in [-0.3, -0.25) is 10.1 Å². The largest absolute Gasteiger partial charge is 0.481 e. The highest BCUT2D eigenvalue weighted by molar-refractivity contribution is 6.29. The van der Waals surface area contributed by atoms with Crippen LogP contribution in [0.4, 0.5) is 11.6 Å². The summed E-state index contributed by atoms with van der Waals surface area (Å²) in [4.78, 5) is 19.6. The Bertz CT molecular complexity index is 671. The molecule has 0 saturated carbocycles. The molecule has 0 bridgehead atoms. The van der Waals surface area contributed by atoms with Gasteiger partial charge < -0.3 is 10.5 Å². The fourth-order valence-electron chi connectivity index (χ4n) is 1.49. The quantitative estimate of drug-likeness (QED) is 0.514. The molecule has 0 atom stereocenters. The summed E-state index contributed by atoms with van der Waals surface area (Å²) < 4.78 is 4.94. The number of aromatic nitrogens is 2. The molecule has 0 unspecified atom stereocenters. The SMILES string of the molecule is COc1cc(Cl)nc(NC(=O)/C=C/c2ccc(N)cc2)n1. The minimum Gasteiger partial charge on any atom is -0.481 e. The number of nitrogen functional groups attached to an aromatic ring is 1. The molecule has 1 aromatic carbocycles. The first-order valence-corrected chi connectivity index (χ1v) is 6.38. The second-order valence-corrected chi connectivity index (χ2v) is 4.43. The Balaban J connectivity index is 2.04. The molecule has 0 fully saturated rings. The number of carbonyl (C=O) groups is 1. The van der Waals surface area contributed by atoms with Crippen LogP contribution in [0.25, 0.3) is 6.08 Å². The monoisotopic (exact) mass is 304 g/mol. The summed E-state index contributed by atoms with van der Waals surface area (Å²) in [6, 6.07) is 8.56. The summed E-state index contributed by atoms with van der Waals surface area (Å²) in [5, 5.41) is 2.68. The number of nitrogens with two attached hydrogens (primary N) is 1. The van der Waals surface area contributed by atoms with E-state index in [0.717, 1.165) is 5.56 Å². The van der Waals surface area contributed by atoms with Crippen LogP contribution < -0.4 is 15.8 Å². The van der Waals surface area contributed by atoms with Crippen molar-refractivity contribution in [2.75, 3.05) is 18.2 Å². The number of nitrogens with one attached hydrogen (secondary N) is 1. The van der Waals surface area contributed by atoms with Crippen LogP contribution in [0.2, 0.25) is 5.15 Å². The van der Waals surface area contributed by atoms with E-state index >= 15 is 0 Å². The topological polar surface area (TPSA) is 90.1 Å². The number of hydrogen-bond donors (Lipinski definition) is 2. The molecule has 0 radical (unpaired) electrons. The van der Waals surface area contributed by atoms with E-state index in [1.54, 1.807) is 30.3 Å². The van der Waals surface area contributed by atoms with Gasteiger partial charge in [0.1, 0.15) is 5.15 Å². The van der Waals surface area contributed by atoms with Crippen LogP contribution in [0.3, 0.4) is 0 Å². The van der Waals surface area contributed by atoms with Crippen molar-refractivity contribution in [1.82, 2.24) is 9.97 Å². The number of amides is 1. The number of rotatable bonds is 4. The number of anilines is 2. The Morgan fingerprint density at radius 3 is 2.71 bits per heavy atom. The molecular formula is C14H13ClN4O2. The molecule has 0 aliphatic rings. The van der Waals surface area contributed by atoms with Crippen molar-refractivity contribution in [2.45, 2.75) is 0 Å². The fraction of sp³-hybridized carbons (Fsp3) is 0.0714. The van der Waals surface area contributed by atoms with Gasteiger partial charge in [-0.25, -0.2) is 4.98 Å². The van der Waals surface area contributed by atoms with E-state index in [-0.39, 0.29) is 22.9 Å². The highest BCUT2D eigenvalue weighted by Crippen LogP contribution is 2.15. The molecule has 2 rings (SSSR count). The number of carbonyl (C=O) groups excluding carboxylic acids is 1. The zero-order valence-electron chi connectivity index (χ0n) is 11.2. The summed E-state index contributed by atoms with van der Waals surface area (Å²) in [6.07, 6.45) is 3.01. The van der Waals surface area contributed by atoms with Gasteiger partial charge in [-0.1, -0.05) is 23.7 Å². The zero-order valence-corrected chi connectivity index (χ0v) is 12.0. The molecular weight excluding hydrogens is 292 g/mol. The average molecular weight is 305 g/mol. The first-order chi connectivity index (χ1) is 10.1. The lowest BCUT2D eigenvalue weighted by atomic mass is 10.2. The number of ether oxygens (including phenoxy) is 1. The highest BCUT2D eigenvalue weighted by atomic mass is 35.5. The van der Waals surface area contributed by atoms with Crippen LogP contribution in [0.5, 0.6) is 5.88 Å². The van der Waals surface area contributed by atoms with Crippen molar-refractivity contribution in [3.05, 3.63) is 47.1 Å². The van der Waals surface area contributed by atoms with Crippen molar-refractivity contribution in [1.29, 1.82) is 0 Å². The van der Waals surface area contributed by atoms with Gasteiger partial charge in [0.2, 0.25) is 11.8 Å². The summed E-state index contributed by atoms with van der Waals surface area (Å²) in [5.74, 6) is -0.0322. The molecule has 0 spiro atoms. The van der Waals surface area contributed by atoms with Crippen molar-refractivity contribution >= 4 is 35.2 Å². The van der Waals surface area contributed by atoms with Crippen molar-refractivity contribution in [3.63, 3.8) is 0 Å². The average Bonchev–Trinajstić information content (AvgIpc) is 2.46. The van der Waals surface area contributed by atoms with Crippen LogP contribution >= 0.6 is 11.6 Å². The summed E-state index contributed by atoms with van der Waals surface area (Å²) in [7, 11) is 1.45. The molecule has 1 aromatic heterocycles. The summed E-state index contributed by atoms with van der Waals surface area (Å²) in [5.41, 5.74) is 7.10. The molecule has 1 heterocycles. The molecule has 21 heavy (non-hydrogen) atoms. The second-order valence-electron chi connectivity index (χ2n) is 4.05. The van der Waals surface area contributed by atoms with Gasteiger partial charge >= 0.3 is 0 Å². The Morgan fingerprint density at radius 2 is 2.05 bits per heavy atom. The Kier molecular flexibility index (Phi) is 4.73. The molecule has 3 N–H and O–H groups in total. The molecule has 6 nitrogen and oxygen atoms in total. The number of halogens is 1. The highest BCUT2D eigenvalue weighted by Gasteiger charge is 2.05. The maximum absolute atomic E-state index is 11.8. The van der Waals surface area contributed by atoms with Gasteiger partial charge in [0.05, 0.1) is 7.11 Å². The van der Waals surface area contributed by atoms with Crippen LogP contribution in [-0.4, -0.2) is 23.0 Å². The normalized spacial score (nSPS) is 10.6. The lowest BCUT2D eigenvalue weighted by Gasteiger charge is -2.03. The fourth-order valence-corrected chi connectivity index (χ4v) is 1.66. The van der Waals surface area contributed by atoms with E-state index in [2.05, 4.69) is 15.3 Å². The van der Waals surface area contributed by atoms with Gasteiger partial charge in [-0.2, -0.15) is 4.98 Å². The molecule has 0 saturated heterocycles. The third-order valence-corrected chi connectivity index (χ3v) is 2.67. The first kappa shape index (κ1) is 14.8. The summed E-state index contributed by atoms with van der Waals surface area (Å²) >= 11 is 5.79. The van der Waals surface area contributed by atoms with Gasteiger partial charge in [0.25, 0.3) is 5.91 Å². The molecule has 0 aliphatic heterocycles. The van der Waals surface area contributed by atoms with Crippen LogP contribution in [-0.2, 0) is 4.79 Å². The second kappa shape index (κ2) is 6.71. The summed E-state index contributed by atoms with van der Waals surface area (Å²) in [6.45, 7) is 0. The molecule has 7 heteroatoms. The minimum atomic E-state index is -0.379. The zero-order chi connectivity index (χ0) is 15.2. The van der Waals surface area contributed by atoms with Crippen molar-refractivity contribution in [2.24, 2.45) is 0 Å². The van der Waals surface area contributed by atoms with E-state index in [1.165, 1.54) is 19.3 Å². The standard InChI is InChI=1S/C14H13ClN4O2/c1-21-13-8-11(15)17-14(19-13)18-12(20)7-4-9-2-5-10(16)6-3-9/h2-8H,16H2,1H3,(H,17,18,19,20)/b7-4+. The van der Waals surface area contributed by atoms with Gasteiger partial charge in [-0.15, -0.1) is 0 Å². The molecule has 108 valence electrons. The number of methoxy groups -OCH3 is 1. The van der Waals surface area contributed by atoms with Crippen molar-refractivity contribution < 1.29 is 9.53 Å². The predicted octanol–water partition coefficient (Wildman–Crippen LogP) is 2.37. The van der Waals surface area contributed by atoms with E-state index in [0.29, 0.717) is 5.69 Å². The number of nitrogens with zero attached hydrogens (tertiary/aromatic N) is 2. The smallest absolute Gasteiger partial charge is 0.250 e. The molecule has 0 aliphatic carbocycles. The van der Waals surface area contributed by atoms with E-state index in [1.807, 2.05) is 0 Å².